The number of aromatic nitrogens is 1. The number of rotatable bonds is 8. The van der Waals surface area contributed by atoms with E-state index < -0.39 is 15.8 Å². The van der Waals surface area contributed by atoms with E-state index in [1.807, 2.05) is 54.6 Å². The molecule has 6 rings (SSSR count). The van der Waals surface area contributed by atoms with Crippen LogP contribution in [0.2, 0.25) is 0 Å². The standard InChI is InChI=1S/C30H20N4O5S/c31-15-21-5-1-2-7-26(21)39-17-20-4-3-6-23(14-20)38-16-19-8-10-22(11-9-19)34-25-12-13-32-28-27(25)24(33-29(34)35)18-40(28)30(36)37/h1-14,18H,16-17H2,(H-,33,35,36,37)/p+1. The summed E-state index contributed by atoms with van der Waals surface area (Å²) in [5, 5.41) is 22.8. The van der Waals surface area contributed by atoms with E-state index in [1.54, 1.807) is 29.6 Å². The largest absolute Gasteiger partial charge is 0.554 e. The average Bonchev–Trinajstić information content (AvgIpc) is 3.35. The summed E-state index contributed by atoms with van der Waals surface area (Å²) < 4.78 is 11.8. The van der Waals surface area contributed by atoms with Crippen LogP contribution in [0.15, 0.2) is 90.4 Å². The molecule has 10 heteroatoms. The molecule has 1 unspecified atom stereocenters. The molecule has 5 aromatic rings. The van der Waals surface area contributed by atoms with Gasteiger partial charge in [-0.25, -0.2) is 9.78 Å². The quantitative estimate of drug-likeness (QED) is 0.196. The molecule has 0 saturated carbocycles. The molecule has 0 fully saturated rings. The van der Waals surface area contributed by atoms with Gasteiger partial charge in [0.15, 0.2) is 5.38 Å². The predicted molar refractivity (Wildman–Crippen MR) is 152 cm³/mol. The molecule has 3 heterocycles. The van der Waals surface area contributed by atoms with Crippen LogP contribution in [0.4, 0.5) is 26.7 Å². The van der Waals surface area contributed by atoms with Crippen molar-refractivity contribution in [3.8, 4) is 17.6 Å². The number of para-hydroxylation sites is 1. The molecule has 1 atom stereocenters. The zero-order valence-electron chi connectivity index (χ0n) is 20.9. The highest BCUT2D eigenvalue weighted by Crippen LogP contribution is 2.46. The summed E-state index contributed by atoms with van der Waals surface area (Å²) in [7, 11) is -1.21. The second kappa shape index (κ2) is 10.4. The van der Waals surface area contributed by atoms with E-state index >= 15 is 0 Å². The van der Waals surface area contributed by atoms with Crippen molar-refractivity contribution in [2.24, 2.45) is 0 Å². The van der Waals surface area contributed by atoms with Gasteiger partial charge >= 0.3 is 11.3 Å². The fraction of sp³-hybridized carbons (Fsp3) is 0.0667. The van der Waals surface area contributed by atoms with Crippen LogP contribution < -0.4 is 19.7 Å². The Labute approximate surface area is 231 Å². The van der Waals surface area contributed by atoms with Gasteiger partial charge in [-0.3, -0.25) is 4.90 Å². The molecule has 1 aliphatic heterocycles. The van der Waals surface area contributed by atoms with E-state index in [1.165, 1.54) is 11.1 Å². The van der Waals surface area contributed by atoms with Crippen LogP contribution in [0, 0.1) is 11.3 Å². The van der Waals surface area contributed by atoms with E-state index in [9.17, 15) is 20.0 Å². The Morgan fingerprint density at radius 2 is 1.80 bits per heavy atom. The van der Waals surface area contributed by atoms with Crippen LogP contribution in [-0.4, -0.2) is 21.4 Å². The van der Waals surface area contributed by atoms with E-state index in [0.717, 1.165) is 11.1 Å². The molecule has 40 heavy (non-hydrogen) atoms. The van der Waals surface area contributed by atoms with Gasteiger partial charge in [0.2, 0.25) is 0 Å². The third-order valence-electron chi connectivity index (χ3n) is 6.38. The van der Waals surface area contributed by atoms with Gasteiger partial charge < -0.3 is 19.9 Å². The van der Waals surface area contributed by atoms with Gasteiger partial charge in [-0.2, -0.15) is 10.1 Å². The number of carbonyl (C=O) groups is 2. The Kier molecular flexibility index (Phi) is 6.48. The summed E-state index contributed by atoms with van der Waals surface area (Å²) in [6.07, 6.45) is 1.53. The lowest BCUT2D eigenvalue weighted by Crippen LogP contribution is -2.33. The number of pyridine rings is 1. The van der Waals surface area contributed by atoms with Gasteiger partial charge in [0, 0.05) is 6.20 Å². The Balaban J connectivity index is 1.15. The number of nitrogens with zero attached hydrogens (tertiary/aromatic N) is 3. The average molecular weight is 550 g/mol. The third kappa shape index (κ3) is 4.66. The Hall–Kier alpha value is -5.40. The molecule has 2 aromatic heterocycles. The highest BCUT2D eigenvalue weighted by Gasteiger charge is 2.36. The molecule has 2 amide bonds. The molecule has 196 valence electrons. The number of nitriles is 1. The number of benzene rings is 3. The van der Waals surface area contributed by atoms with Crippen LogP contribution >= 0.6 is 10.5 Å². The van der Waals surface area contributed by atoms with Crippen molar-refractivity contribution in [1.29, 1.82) is 5.26 Å². The molecule has 2 N–H and O–H groups in total. The highest BCUT2D eigenvalue weighted by molar-refractivity contribution is 7.54. The maximum Gasteiger partial charge on any atom is 0.554 e. The van der Waals surface area contributed by atoms with E-state index in [4.69, 9.17) is 9.47 Å². The zero-order chi connectivity index (χ0) is 27.6. The van der Waals surface area contributed by atoms with Gasteiger partial charge in [-0.1, -0.05) is 36.4 Å². The molecule has 1 aliphatic rings. The fourth-order valence-corrected chi connectivity index (χ4v) is 5.91. The van der Waals surface area contributed by atoms with Gasteiger partial charge in [-0.15, -0.1) is 0 Å². The first-order chi connectivity index (χ1) is 19.5. The molecule has 0 aliphatic carbocycles. The predicted octanol–water partition coefficient (Wildman–Crippen LogP) is 7.22. The number of hydrogen-bond acceptors (Lipinski definition) is 6. The van der Waals surface area contributed by atoms with Crippen molar-refractivity contribution < 1.29 is 24.2 Å². The Morgan fingerprint density at radius 1 is 1.00 bits per heavy atom. The monoisotopic (exact) mass is 549 g/mol. The summed E-state index contributed by atoms with van der Waals surface area (Å²) >= 11 is 0. The van der Waals surface area contributed by atoms with Crippen LogP contribution in [0.1, 0.15) is 16.7 Å². The molecule has 0 saturated heterocycles. The molecule has 0 spiro atoms. The van der Waals surface area contributed by atoms with Crippen molar-refractivity contribution >= 4 is 49.1 Å². The van der Waals surface area contributed by atoms with Crippen molar-refractivity contribution in [3.63, 3.8) is 0 Å². The maximum atomic E-state index is 13.0. The number of urea groups is 1. The first-order valence-electron chi connectivity index (χ1n) is 12.2. The summed E-state index contributed by atoms with van der Waals surface area (Å²) in [5.74, 6) is 1.21. The van der Waals surface area contributed by atoms with Gasteiger partial charge in [0.05, 0.1) is 16.9 Å². The number of thiophene rings is 1. The van der Waals surface area contributed by atoms with E-state index in [-0.39, 0.29) is 6.03 Å². The molecular weight excluding hydrogens is 528 g/mol. The number of nitrogens with one attached hydrogen (secondary N) is 1. The third-order valence-corrected chi connectivity index (χ3v) is 7.96. The molecule has 0 bridgehead atoms. The van der Waals surface area contributed by atoms with Gasteiger partial charge in [0.25, 0.3) is 4.83 Å². The smallest absolute Gasteiger partial charge is 0.489 e. The summed E-state index contributed by atoms with van der Waals surface area (Å²) in [6.45, 7) is 0.610. The first-order valence-corrected chi connectivity index (χ1v) is 13.5. The van der Waals surface area contributed by atoms with Crippen LogP contribution in [0.5, 0.6) is 11.5 Å². The maximum absolute atomic E-state index is 13.0. The minimum absolute atomic E-state index is 0.297. The van der Waals surface area contributed by atoms with Crippen molar-refractivity contribution in [1.82, 2.24) is 4.98 Å². The van der Waals surface area contributed by atoms with Crippen molar-refractivity contribution in [2.45, 2.75) is 13.2 Å². The van der Waals surface area contributed by atoms with Crippen LogP contribution in [0.25, 0.3) is 10.2 Å². The van der Waals surface area contributed by atoms with Crippen LogP contribution in [0.3, 0.4) is 0 Å². The molecule has 0 radical (unpaired) electrons. The number of anilines is 3. The van der Waals surface area contributed by atoms with Gasteiger partial charge in [0.1, 0.15) is 52.3 Å². The van der Waals surface area contributed by atoms with Crippen molar-refractivity contribution in [3.05, 3.63) is 107 Å². The van der Waals surface area contributed by atoms with Crippen molar-refractivity contribution in [2.75, 3.05) is 10.2 Å². The summed E-state index contributed by atoms with van der Waals surface area (Å²) in [6, 6.07) is 25.5. The lowest BCUT2D eigenvalue weighted by molar-refractivity contribution is 0.221. The first kappa shape index (κ1) is 24.9. The number of amides is 2. The van der Waals surface area contributed by atoms with E-state index in [2.05, 4.69) is 16.4 Å². The minimum Gasteiger partial charge on any atom is -0.489 e. The second-order valence-corrected chi connectivity index (χ2v) is 10.6. The normalized spacial score (nSPS) is 12.5. The summed E-state index contributed by atoms with van der Waals surface area (Å²) in [5.41, 5.74) is 4.00. The van der Waals surface area contributed by atoms with Crippen LogP contribution in [-0.2, 0) is 13.2 Å². The molecule has 3 aromatic carbocycles. The number of carboxylic acid groups (broad SMARTS) is 1. The second-order valence-electron chi connectivity index (χ2n) is 8.91. The lowest BCUT2D eigenvalue weighted by atomic mass is 10.1. The Morgan fingerprint density at radius 3 is 2.60 bits per heavy atom. The Bertz CT molecular complexity index is 1810. The minimum atomic E-state index is -1.21. The zero-order valence-corrected chi connectivity index (χ0v) is 21.7. The topological polar surface area (TPSA) is 125 Å². The molecular formula is C30H21N4O5S+. The SMILES string of the molecule is N#Cc1ccccc1OCc1cccc(OCc2ccc(N3C(=O)Nc4c[s+](C(=O)O)c5nccc3c45)cc2)c1. The number of ether oxygens (including phenoxy) is 2. The van der Waals surface area contributed by atoms with Gasteiger partial charge in [-0.05, 0) is 53.6 Å². The lowest BCUT2D eigenvalue weighted by Gasteiger charge is -2.27. The number of carbonyl (C=O) groups excluding carboxylic acids is 1. The summed E-state index contributed by atoms with van der Waals surface area (Å²) in [4.78, 5) is 30.9. The van der Waals surface area contributed by atoms with E-state index in [0.29, 0.717) is 57.6 Å². The highest BCUT2D eigenvalue weighted by atomic mass is 32.2. The fourth-order valence-electron chi connectivity index (χ4n) is 4.51. The number of hydrogen-bond donors (Lipinski definition) is 2. The molecule has 9 nitrogen and oxygen atoms in total.